The lowest BCUT2D eigenvalue weighted by Crippen LogP contribution is -2.43. The molecular formula is C16H24N2O. The highest BCUT2D eigenvalue weighted by Crippen LogP contribution is 2.18. The van der Waals surface area contributed by atoms with Crippen LogP contribution < -0.4 is 4.90 Å². The first-order chi connectivity index (χ1) is 9.22. The maximum absolute atomic E-state index is 12.6. The highest BCUT2D eigenvalue weighted by Gasteiger charge is 2.21. The van der Waals surface area contributed by atoms with Crippen molar-refractivity contribution < 1.29 is 4.79 Å². The minimum Gasteiger partial charge on any atom is -0.324 e. The molecule has 0 aliphatic carbocycles. The van der Waals surface area contributed by atoms with Crippen LogP contribution in [0.1, 0.15) is 38.2 Å². The van der Waals surface area contributed by atoms with Crippen molar-refractivity contribution in [2.24, 2.45) is 0 Å². The lowest BCUT2D eigenvalue weighted by Gasteiger charge is -2.29. The fourth-order valence-electron chi connectivity index (χ4n) is 2.59. The fraction of sp³-hybridized carbons (Fsp3) is 0.562. The Hall–Kier alpha value is -1.51. The minimum absolute atomic E-state index is 0.160. The van der Waals surface area contributed by atoms with Crippen molar-refractivity contribution in [3.63, 3.8) is 0 Å². The highest BCUT2D eigenvalue weighted by molar-refractivity contribution is 5.92. The topological polar surface area (TPSA) is 23.6 Å². The fourth-order valence-corrected chi connectivity index (χ4v) is 2.59. The van der Waals surface area contributed by atoms with Crippen molar-refractivity contribution in [3.8, 4) is 0 Å². The van der Waals surface area contributed by atoms with Gasteiger partial charge in [0.15, 0.2) is 0 Å². The molecular weight excluding hydrogens is 236 g/mol. The van der Waals surface area contributed by atoms with E-state index in [9.17, 15) is 4.79 Å². The van der Waals surface area contributed by atoms with Gasteiger partial charge in [-0.05, 0) is 38.8 Å². The van der Waals surface area contributed by atoms with Crippen molar-refractivity contribution >= 4 is 11.7 Å². The molecule has 0 radical (unpaired) electrons. The average Bonchev–Trinajstić information content (AvgIpc) is 2.70. The molecule has 0 unspecified atom stereocenters. The van der Waals surface area contributed by atoms with Gasteiger partial charge in [-0.1, -0.05) is 30.5 Å². The van der Waals surface area contributed by atoms with Crippen LogP contribution in [0.15, 0.2) is 24.3 Å². The molecule has 0 bridgehead atoms. The first kappa shape index (κ1) is 13.9. The molecule has 104 valence electrons. The van der Waals surface area contributed by atoms with Crippen LogP contribution in [0.4, 0.5) is 10.5 Å². The molecule has 0 atom stereocenters. The second-order valence-corrected chi connectivity index (χ2v) is 5.26. The summed E-state index contributed by atoms with van der Waals surface area (Å²) >= 11 is 0. The summed E-state index contributed by atoms with van der Waals surface area (Å²) in [7, 11) is 0. The van der Waals surface area contributed by atoms with Gasteiger partial charge in [-0.2, -0.15) is 0 Å². The SMILES string of the molecule is CCN(C(=O)N1CCCCCC1)c1ccc(C)cc1. The third kappa shape index (κ3) is 3.49. The van der Waals surface area contributed by atoms with E-state index in [2.05, 4.69) is 19.1 Å². The number of benzene rings is 1. The molecule has 3 nitrogen and oxygen atoms in total. The Bertz CT molecular complexity index is 405. The summed E-state index contributed by atoms with van der Waals surface area (Å²) in [6.07, 6.45) is 4.77. The molecule has 1 aromatic rings. The predicted octanol–water partition coefficient (Wildman–Crippen LogP) is 3.82. The summed E-state index contributed by atoms with van der Waals surface area (Å²) in [5.41, 5.74) is 2.23. The van der Waals surface area contributed by atoms with E-state index in [1.165, 1.54) is 18.4 Å². The lowest BCUT2D eigenvalue weighted by atomic mass is 10.2. The van der Waals surface area contributed by atoms with Crippen molar-refractivity contribution in [2.45, 2.75) is 39.5 Å². The zero-order valence-corrected chi connectivity index (χ0v) is 12.1. The Morgan fingerprint density at radius 1 is 1.11 bits per heavy atom. The van der Waals surface area contributed by atoms with Crippen LogP contribution in [0.2, 0.25) is 0 Å². The van der Waals surface area contributed by atoms with Gasteiger partial charge in [0.05, 0.1) is 0 Å². The van der Waals surface area contributed by atoms with E-state index in [4.69, 9.17) is 0 Å². The van der Waals surface area contributed by atoms with E-state index in [0.717, 1.165) is 38.2 Å². The van der Waals surface area contributed by atoms with E-state index in [1.807, 2.05) is 28.9 Å². The standard InChI is InChI=1S/C16H24N2O/c1-3-18(15-10-8-14(2)9-11-15)16(19)17-12-6-4-5-7-13-17/h8-11H,3-7,12-13H2,1-2H3. The summed E-state index contributed by atoms with van der Waals surface area (Å²) in [5.74, 6) is 0. The molecule has 19 heavy (non-hydrogen) atoms. The van der Waals surface area contributed by atoms with Crippen LogP contribution in [0.3, 0.4) is 0 Å². The van der Waals surface area contributed by atoms with Gasteiger partial charge < -0.3 is 4.90 Å². The Balaban J connectivity index is 2.11. The molecule has 1 heterocycles. The van der Waals surface area contributed by atoms with Crippen molar-refractivity contribution in [1.82, 2.24) is 4.90 Å². The monoisotopic (exact) mass is 260 g/mol. The summed E-state index contributed by atoms with van der Waals surface area (Å²) in [5, 5.41) is 0. The average molecular weight is 260 g/mol. The van der Waals surface area contributed by atoms with Crippen LogP contribution in [0.5, 0.6) is 0 Å². The van der Waals surface area contributed by atoms with Gasteiger partial charge in [0.25, 0.3) is 0 Å². The number of amides is 2. The number of carbonyl (C=O) groups excluding carboxylic acids is 1. The van der Waals surface area contributed by atoms with E-state index in [-0.39, 0.29) is 6.03 Å². The number of likely N-dealkylation sites (tertiary alicyclic amines) is 1. The normalized spacial score (nSPS) is 16.0. The Morgan fingerprint density at radius 3 is 2.21 bits per heavy atom. The van der Waals surface area contributed by atoms with E-state index >= 15 is 0 Å². The number of hydrogen-bond donors (Lipinski definition) is 0. The quantitative estimate of drug-likeness (QED) is 0.793. The lowest BCUT2D eigenvalue weighted by molar-refractivity contribution is 0.207. The van der Waals surface area contributed by atoms with Crippen LogP contribution in [-0.2, 0) is 0 Å². The minimum atomic E-state index is 0.160. The molecule has 1 aliphatic rings. The van der Waals surface area contributed by atoms with E-state index < -0.39 is 0 Å². The number of anilines is 1. The number of nitrogens with zero attached hydrogens (tertiary/aromatic N) is 2. The number of rotatable bonds is 2. The largest absolute Gasteiger partial charge is 0.324 e. The van der Waals surface area contributed by atoms with Gasteiger partial charge in [-0.3, -0.25) is 4.90 Å². The van der Waals surface area contributed by atoms with E-state index in [0.29, 0.717) is 0 Å². The molecule has 0 spiro atoms. The van der Waals surface area contributed by atoms with Gasteiger partial charge in [0.2, 0.25) is 0 Å². The number of aryl methyl sites for hydroxylation is 1. The van der Waals surface area contributed by atoms with Crippen molar-refractivity contribution in [2.75, 3.05) is 24.5 Å². The Kier molecular flexibility index (Phi) is 4.83. The molecule has 3 heteroatoms. The molecule has 1 aromatic carbocycles. The summed E-state index contributed by atoms with van der Waals surface area (Å²) in [4.78, 5) is 16.5. The van der Waals surface area contributed by atoms with Crippen LogP contribution in [-0.4, -0.2) is 30.6 Å². The maximum atomic E-state index is 12.6. The first-order valence-electron chi connectivity index (χ1n) is 7.35. The number of urea groups is 1. The van der Waals surface area contributed by atoms with Gasteiger partial charge in [-0.15, -0.1) is 0 Å². The van der Waals surface area contributed by atoms with Crippen LogP contribution in [0, 0.1) is 6.92 Å². The third-order valence-electron chi connectivity index (χ3n) is 3.77. The van der Waals surface area contributed by atoms with Gasteiger partial charge in [0.1, 0.15) is 0 Å². The molecule has 0 saturated carbocycles. The zero-order chi connectivity index (χ0) is 13.7. The second-order valence-electron chi connectivity index (χ2n) is 5.26. The molecule has 1 aliphatic heterocycles. The molecule has 2 amide bonds. The van der Waals surface area contributed by atoms with Gasteiger partial charge in [0, 0.05) is 25.3 Å². The molecule has 1 fully saturated rings. The van der Waals surface area contributed by atoms with Crippen LogP contribution in [0.25, 0.3) is 0 Å². The van der Waals surface area contributed by atoms with Crippen LogP contribution >= 0.6 is 0 Å². The van der Waals surface area contributed by atoms with E-state index in [1.54, 1.807) is 0 Å². The van der Waals surface area contributed by atoms with Gasteiger partial charge in [-0.25, -0.2) is 4.79 Å². The molecule has 0 aromatic heterocycles. The molecule has 2 rings (SSSR count). The van der Waals surface area contributed by atoms with Crippen molar-refractivity contribution in [1.29, 1.82) is 0 Å². The smallest absolute Gasteiger partial charge is 0.324 e. The number of carbonyl (C=O) groups is 1. The first-order valence-corrected chi connectivity index (χ1v) is 7.35. The van der Waals surface area contributed by atoms with Gasteiger partial charge >= 0.3 is 6.03 Å². The Morgan fingerprint density at radius 2 is 1.68 bits per heavy atom. The summed E-state index contributed by atoms with van der Waals surface area (Å²) in [6, 6.07) is 8.36. The molecule has 1 saturated heterocycles. The Labute approximate surface area is 116 Å². The summed E-state index contributed by atoms with van der Waals surface area (Å²) < 4.78 is 0. The number of hydrogen-bond acceptors (Lipinski definition) is 1. The third-order valence-corrected chi connectivity index (χ3v) is 3.77. The second kappa shape index (κ2) is 6.60. The van der Waals surface area contributed by atoms with Crippen molar-refractivity contribution in [3.05, 3.63) is 29.8 Å². The maximum Gasteiger partial charge on any atom is 0.324 e. The predicted molar refractivity (Wildman–Crippen MR) is 79.6 cm³/mol. The summed E-state index contributed by atoms with van der Waals surface area (Å²) in [6.45, 7) is 6.63. The zero-order valence-electron chi connectivity index (χ0n) is 12.1. The molecule has 0 N–H and O–H groups in total. The highest BCUT2D eigenvalue weighted by atomic mass is 16.2.